The predicted molar refractivity (Wildman–Crippen MR) is 154 cm³/mol. The lowest BCUT2D eigenvalue weighted by molar-refractivity contribution is -0.130. The number of carbonyl (C=O) groups excluding carboxylic acids is 3. The van der Waals surface area contributed by atoms with Gasteiger partial charge >= 0.3 is 0 Å². The molecule has 9 heteroatoms. The Hall–Kier alpha value is -4.50. The van der Waals surface area contributed by atoms with Gasteiger partial charge in [0.1, 0.15) is 11.6 Å². The fourth-order valence-corrected chi connectivity index (χ4v) is 5.01. The second-order valence-electron chi connectivity index (χ2n) is 10.6. The van der Waals surface area contributed by atoms with Crippen molar-refractivity contribution in [1.82, 2.24) is 15.6 Å². The van der Waals surface area contributed by atoms with Crippen molar-refractivity contribution in [1.29, 1.82) is 0 Å². The number of fused-ring (bicyclic) bond motifs is 2. The van der Waals surface area contributed by atoms with Crippen LogP contribution in [0.15, 0.2) is 65.1 Å². The molecule has 206 valence electrons. The van der Waals surface area contributed by atoms with Crippen LogP contribution in [0.2, 0.25) is 0 Å². The van der Waals surface area contributed by atoms with E-state index in [1.165, 1.54) is 0 Å². The minimum absolute atomic E-state index is 0.271. The molecule has 1 aromatic heterocycles. The molecule has 0 radical (unpaired) electrons. The molecule has 4 aromatic rings. The van der Waals surface area contributed by atoms with E-state index in [4.69, 9.17) is 10.2 Å². The van der Waals surface area contributed by atoms with Gasteiger partial charge in [0.15, 0.2) is 5.58 Å². The molecule has 2 heterocycles. The first kappa shape index (κ1) is 27.1. The van der Waals surface area contributed by atoms with Gasteiger partial charge in [-0.3, -0.25) is 19.3 Å². The molecule has 4 N–H and O–H groups in total. The molecule has 0 saturated heterocycles. The summed E-state index contributed by atoms with van der Waals surface area (Å²) in [6.07, 6.45) is 1.00. The molecule has 0 bridgehead atoms. The summed E-state index contributed by atoms with van der Waals surface area (Å²) >= 11 is 0. The van der Waals surface area contributed by atoms with Crippen LogP contribution in [0.5, 0.6) is 0 Å². The van der Waals surface area contributed by atoms with Crippen molar-refractivity contribution in [3.63, 3.8) is 0 Å². The Morgan fingerprint density at radius 3 is 2.52 bits per heavy atom. The summed E-state index contributed by atoms with van der Waals surface area (Å²) in [7, 11) is 0. The quantitative estimate of drug-likeness (QED) is 0.333. The molecule has 3 amide bonds. The molecule has 5 rings (SSSR count). The Labute approximate surface area is 232 Å². The number of carbonyl (C=O) groups is 3. The number of hydrogen-bond acceptors (Lipinski definition) is 6. The molecule has 1 aliphatic rings. The summed E-state index contributed by atoms with van der Waals surface area (Å²) < 4.78 is 6.11. The Bertz CT molecular complexity index is 1580. The molecular formula is C31H33N5O4. The van der Waals surface area contributed by atoms with Crippen molar-refractivity contribution < 1.29 is 18.8 Å². The lowest BCUT2D eigenvalue weighted by Crippen LogP contribution is -2.55. The summed E-state index contributed by atoms with van der Waals surface area (Å²) in [6, 6.07) is 17.7. The van der Waals surface area contributed by atoms with Crippen molar-refractivity contribution in [2.24, 2.45) is 5.73 Å². The van der Waals surface area contributed by atoms with Crippen LogP contribution in [0.4, 0.5) is 11.4 Å². The van der Waals surface area contributed by atoms with Crippen LogP contribution >= 0.6 is 0 Å². The smallest absolute Gasteiger partial charge is 0.254 e. The number of hydrogen-bond donors (Lipinski definition) is 3. The van der Waals surface area contributed by atoms with E-state index in [0.717, 1.165) is 5.56 Å². The SMILES string of the molecule is CCNC(=O)c1ccc(N2C(=O)C(NC(=O)C(C)(C)N)CCc3ccccc32)c(C)c1-c1nc2ccccc2o1. The number of amides is 3. The average Bonchev–Trinajstić information content (AvgIpc) is 3.30. The van der Waals surface area contributed by atoms with Crippen molar-refractivity contribution >= 4 is 40.2 Å². The predicted octanol–water partition coefficient (Wildman–Crippen LogP) is 4.39. The molecule has 0 spiro atoms. The van der Waals surface area contributed by atoms with Crippen LogP contribution in [0.1, 0.15) is 48.7 Å². The van der Waals surface area contributed by atoms with Gasteiger partial charge in [-0.05, 0) is 82.0 Å². The van der Waals surface area contributed by atoms with Crippen molar-refractivity contribution in [3.8, 4) is 11.5 Å². The first-order valence-corrected chi connectivity index (χ1v) is 13.4. The largest absolute Gasteiger partial charge is 0.436 e. The molecule has 0 saturated carbocycles. The molecule has 1 aliphatic heterocycles. The minimum atomic E-state index is -1.14. The van der Waals surface area contributed by atoms with Gasteiger partial charge in [0.25, 0.3) is 11.8 Å². The highest BCUT2D eigenvalue weighted by Crippen LogP contribution is 2.40. The summed E-state index contributed by atoms with van der Waals surface area (Å²) in [4.78, 5) is 46.5. The summed E-state index contributed by atoms with van der Waals surface area (Å²) in [6.45, 7) is 7.35. The summed E-state index contributed by atoms with van der Waals surface area (Å²) in [5.74, 6) is -0.688. The molecule has 1 unspecified atom stereocenters. The fourth-order valence-electron chi connectivity index (χ4n) is 5.01. The fraction of sp³-hybridized carbons (Fsp3) is 0.290. The van der Waals surface area contributed by atoms with Gasteiger partial charge in [-0.15, -0.1) is 0 Å². The van der Waals surface area contributed by atoms with Crippen LogP contribution in [0.3, 0.4) is 0 Å². The zero-order chi connectivity index (χ0) is 28.6. The van der Waals surface area contributed by atoms with Crippen LogP contribution in [-0.2, 0) is 16.0 Å². The van der Waals surface area contributed by atoms with E-state index in [9.17, 15) is 14.4 Å². The molecule has 9 nitrogen and oxygen atoms in total. The number of aromatic nitrogens is 1. The van der Waals surface area contributed by atoms with Crippen LogP contribution in [0.25, 0.3) is 22.6 Å². The summed E-state index contributed by atoms with van der Waals surface area (Å²) in [5.41, 5.74) is 9.91. The van der Waals surface area contributed by atoms with E-state index in [0.29, 0.717) is 58.6 Å². The molecule has 3 aromatic carbocycles. The monoisotopic (exact) mass is 539 g/mol. The number of aryl methyl sites for hydroxylation is 1. The van der Waals surface area contributed by atoms with Crippen molar-refractivity contribution in [3.05, 3.63) is 77.4 Å². The molecule has 0 aliphatic carbocycles. The number of nitrogens with two attached hydrogens (primary N) is 1. The van der Waals surface area contributed by atoms with Gasteiger partial charge < -0.3 is 20.8 Å². The standard InChI is InChI=1S/C31H33N5O4/c1-5-33-27(37)20-15-17-23(18(2)26(20)28-34-21-11-7-9-13-25(21)40-28)36-24-12-8-6-10-19(24)14-16-22(29(36)38)35-30(39)31(3,4)32/h6-13,15,17,22H,5,14,16,32H2,1-4H3,(H,33,37)(H,35,39). The Morgan fingerprint density at radius 1 is 1.07 bits per heavy atom. The van der Waals surface area contributed by atoms with Crippen molar-refractivity contribution in [2.75, 3.05) is 11.4 Å². The van der Waals surface area contributed by atoms with E-state index in [-0.39, 0.29) is 17.7 Å². The maximum atomic E-state index is 14.2. The summed E-state index contributed by atoms with van der Waals surface area (Å²) in [5, 5.41) is 5.72. The average molecular weight is 540 g/mol. The highest BCUT2D eigenvalue weighted by molar-refractivity contribution is 6.09. The first-order valence-electron chi connectivity index (χ1n) is 13.4. The van der Waals surface area contributed by atoms with Gasteiger partial charge in [-0.1, -0.05) is 30.3 Å². The third-order valence-electron chi connectivity index (χ3n) is 7.11. The maximum Gasteiger partial charge on any atom is 0.254 e. The Balaban J connectivity index is 1.70. The number of nitrogens with zero attached hydrogens (tertiary/aromatic N) is 2. The Morgan fingerprint density at radius 2 is 1.80 bits per heavy atom. The highest BCUT2D eigenvalue weighted by atomic mass is 16.3. The minimum Gasteiger partial charge on any atom is -0.436 e. The molecule has 0 fully saturated rings. The van der Waals surface area contributed by atoms with Gasteiger partial charge in [0.05, 0.1) is 28.0 Å². The molecule has 40 heavy (non-hydrogen) atoms. The van der Waals surface area contributed by atoms with Gasteiger partial charge in [0.2, 0.25) is 11.8 Å². The van der Waals surface area contributed by atoms with E-state index < -0.39 is 17.5 Å². The normalized spacial score (nSPS) is 15.5. The van der Waals surface area contributed by atoms with Gasteiger partial charge in [0, 0.05) is 6.54 Å². The second kappa shape index (κ2) is 10.6. The number of nitrogens with one attached hydrogen (secondary N) is 2. The van der Waals surface area contributed by atoms with E-state index in [2.05, 4.69) is 15.6 Å². The zero-order valence-corrected chi connectivity index (χ0v) is 23.1. The van der Waals surface area contributed by atoms with Gasteiger partial charge in [-0.25, -0.2) is 4.98 Å². The number of oxazole rings is 1. The molecule has 1 atom stereocenters. The third kappa shape index (κ3) is 4.96. The topological polar surface area (TPSA) is 131 Å². The number of benzene rings is 3. The molecular weight excluding hydrogens is 506 g/mol. The maximum absolute atomic E-state index is 14.2. The lowest BCUT2D eigenvalue weighted by atomic mass is 9.97. The second-order valence-corrected chi connectivity index (χ2v) is 10.6. The number of para-hydroxylation sites is 3. The van der Waals surface area contributed by atoms with Crippen LogP contribution < -0.4 is 21.3 Å². The third-order valence-corrected chi connectivity index (χ3v) is 7.11. The van der Waals surface area contributed by atoms with Crippen LogP contribution in [0, 0.1) is 6.92 Å². The number of anilines is 2. The van der Waals surface area contributed by atoms with Crippen LogP contribution in [-0.4, -0.2) is 40.8 Å². The van der Waals surface area contributed by atoms with E-state index >= 15 is 0 Å². The zero-order valence-electron chi connectivity index (χ0n) is 23.1. The Kier molecular flexibility index (Phi) is 7.16. The first-order chi connectivity index (χ1) is 19.1. The van der Waals surface area contributed by atoms with Gasteiger partial charge in [-0.2, -0.15) is 0 Å². The van der Waals surface area contributed by atoms with E-state index in [1.54, 1.807) is 30.9 Å². The lowest BCUT2D eigenvalue weighted by Gasteiger charge is -2.30. The number of rotatable bonds is 6. The highest BCUT2D eigenvalue weighted by Gasteiger charge is 2.36. The van der Waals surface area contributed by atoms with E-state index in [1.807, 2.05) is 62.4 Å². The van der Waals surface area contributed by atoms with Crippen molar-refractivity contribution in [2.45, 2.75) is 52.1 Å².